The Morgan fingerprint density at radius 3 is 2.57 bits per heavy atom. The highest BCUT2D eigenvalue weighted by atomic mass is 16.4. The van der Waals surface area contributed by atoms with Crippen molar-refractivity contribution in [3.05, 3.63) is 23.7 Å². The van der Waals surface area contributed by atoms with Gasteiger partial charge < -0.3 is 15.1 Å². The number of carbonyl (C=O) groups is 1. The lowest BCUT2D eigenvalue weighted by Crippen LogP contribution is -2.41. The summed E-state index contributed by atoms with van der Waals surface area (Å²) < 4.78 is 5.66. The van der Waals surface area contributed by atoms with Crippen molar-refractivity contribution in [3.63, 3.8) is 0 Å². The summed E-state index contributed by atoms with van der Waals surface area (Å²) in [6, 6.07) is 4.07. The van der Waals surface area contributed by atoms with Gasteiger partial charge in [-0.25, -0.2) is 0 Å². The summed E-state index contributed by atoms with van der Waals surface area (Å²) >= 11 is 0. The number of rotatable bonds is 6. The van der Waals surface area contributed by atoms with Crippen LogP contribution in [0.25, 0.3) is 0 Å². The van der Waals surface area contributed by atoms with E-state index in [0.29, 0.717) is 18.3 Å². The fourth-order valence-corrected chi connectivity index (χ4v) is 3.11. The molecule has 21 heavy (non-hydrogen) atoms. The predicted molar refractivity (Wildman–Crippen MR) is 84.3 cm³/mol. The third-order valence-corrected chi connectivity index (χ3v) is 4.35. The minimum Gasteiger partial charge on any atom is -0.456 e. The molecule has 1 heterocycles. The molecule has 118 valence electrons. The number of amides is 1. The third-order valence-electron chi connectivity index (χ3n) is 4.35. The second-order valence-electron chi connectivity index (χ2n) is 5.91. The molecule has 1 aliphatic rings. The fraction of sp³-hybridized carbons (Fsp3) is 0.706. The molecule has 0 bridgehead atoms. The molecule has 4 heteroatoms. The Labute approximate surface area is 127 Å². The van der Waals surface area contributed by atoms with Gasteiger partial charge in [0.25, 0.3) is 5.91 Å². The molecule has 1 aromatic heterocycles. The van der Waals surface area contributed by atoms with E-state index in [1.54, 1.807) is 0 Å². The number of carbonyl (C=O) groups excluding carboxylic acids is 1. The summed E-state index contributed by atoms with van der Waals surface area (Å²) in [6.07, 6.45) is 8.90. The first-order valence-corrected chi connectivity index (χ1v) is 8.36. The van der Waals surface area contributed by atoms with E-state index in [0.717, 1.165) is 38.0 Å². The van der Waals surface area contributed by atoms with Crippen LogP contribution in [0.5, 0.6) is 0 Å². The summed E-state index contributed by atoms with van der Waals surface area (Å²) in [5.41, 5.74) is 5.64. The van der Waals surface area contributed by atoms with E-state index in [2.05, 4.69) is 0 Å². The monoisotopic (exact) mass is 292 g/mol. The van der Waals surface area contributed by atoms with Gasteiger partial charge in [-0.05, 0) is 37.9 Å². The number of hydrogen-bond acceptors (Lipinski definition) is 3. The quantitative estimate of drug-likeness (QED) is 0.818. The average Bonchev–Trinajstić information content (AvgIpc) is 2.83. The molecule has 0 unspecified atom stereocenters. The number of furan rings is 1. The van der Waals surface area contributed by atoms with Gasteiger partial charge in [0.15, 0.2) is 5.76 Å². The first-order chi connectivity index (χ1) is 10.3. The van der Waals surface area contributed by atoms with Gasteiger partial charge >= 0.3 is 0 Å². The first-order valence-electron chi connectivity index (χ1n) is 8.36. The van der Waals surface area contributed by atoms with Crippen LogP contribution in [0.2, 0.25) is 0 Å². The van der Waals surface area contributed by atoms with Gasteiger partial charge in [0.05, 0.1) is 0 Å². The van der Waals surface area contributed by atoms with Crippen molar-refractivity contribution in [1.29, 1.82) is 0 Å². The maximum atomic E-state index is 12.8. The van der Waals surface area contributed by atoms with Crippen molar-refractivity contribution in [2.75, 3.05) is 13.1 Å². The molecule has 1 saturated carbocycles. The van der Waals surface area contributed by atoms with Crippen LogP contribution in [0, 0.1) is 0 Å². The summed E-state index contributed by atoms with van der Waals surface area (Å²) in [4.78, 5) is 14.8. The van der Waals surface area contributed by atoms with E-state index < -0.39 is 0 Å². The molecule has 0 radical (unpaired) electrons. The Hall–Kier alpha value is -1.29. The van der Waals surface area contributed by atoms with Crippen LogP contribution >= 0.6 is 0 Å². The Bertz CT molecular complexity index is 434. The lowest BCUT2D eigenvalue weighted by molar-refractivity contribution is 0.0624. The van der Waals surface area contributed by atoms with Crippen LogP contribution in [0.4, 0.5) is 0 Å². The van der Waals surface area contributed by atoms with Crippen LogP contribution in [0.3, 0.4) is 0 Å². The largest absolute Gasteiger partial charge is 0.456 e. The van der Waals surface area contributed by atoms with Gasteiger partial charge in [-0.3, -0.25) is 4.79 Å². The lowest BCUT2D eigenvalue weighted by atomic mass is 10.1. The van der Waals surface area contributed by atoms with E-state index >= 15 is 0 Å². The van der Waals surface area contributed by atoms with Crippen LogP contribution < -0.4 is 5.73 Å². The molecular weight excluding hydrogens is 264 g/mol. The van der Waals surface area contributed by atoms with Crippen molar-refractivity contribution in [3.8, 4) is 0 Å². The lowest BCUT2D eigenvalue weighted by Gasteiger charge is -2.30. The second-order valence-corrected chi connectivity index (χ2v) is 5.91. The van der Waals surface area contributed by atoms with Crippen LogP contribution in [0.15, 0.2) is 16.5 Å². The van der Waals surface area contributed by atoms with Gasteiger partial charge in [0.2, 0.25) is 0 Å². The molecule has 2 N–H and O–H groups in total. The molecule has 0 spiro atoms. The number of hydrogen-bond donors (Lipinski definition) is 1. The minimum atomic E-state index is 0.0371. The molecule has 1 aliphatic carbocycles. The second kappa shape index (κ2) is 8.23. The van der Waals surface area contributed by atoms with Crippen molar-refractivity contribution in [1.82, 2.24) is 4.90 Å². The number of nitrogens with zero attached hydrogens (tertiary/aromatic N) is 1. The van der Waals surface area contributed by atoms with Crippen LogP contribution in [-0.4, -0.2) is 29.9 Å². The molecular formula is C17H28N2O2. The van der Waals surface area contributed by atoms with Gasteiger partial charge in [0, 0.05) is 19.0 Å². The van der Waals surface area contributed by atoms with Crippen LogP contribution in [-0.2, 0) is 6.42 Å². The molecule has 0 atom stereocenters. The molecule has 0 saturated heterocycles. The van der Waals surface area contributed by atoms with Gasteiger partial charge in [0.1, 0.15) is 5.76 Å². The normalized spacial score (nSPS) is 16.7. The van der Waals surface area contributed by atoms with Crippen molar-refractivity contribution < 1.29 is 9.21 Å². The van der Waals surface area contributed by atoms with E-state index in [1.807, 2.05) is 24.0 Å². The average molecular weight is 292 g/mol. The Kier molecular flexibility index (Phi) is 6.30. The molecule has 1 aromatic rings. The maximum absolute atomic E-state index is 12.8. The highest BCUT2D eigenvalue weighted by molar-refractivity contribution is 5.91. The molecule has 0 aromatic carbocycles. The third kappa shape index (κ3) is 4.34. The minimum absolute atomic E-state index is 0.0371. The fourth-order valence-electron chi connectivity index (χ4n) is 3.11. The Morgan fingerprint density at radius 2 is 2.00 bits per heavy atom. The summed E-state index contributed by atoms with van der Waals surface area (Å²) in [5, 5.41) is 0. The van der Waals surface area contributed by atoms with Gasteiger partial charge in [-0.15, -0.1) is 0 Å². The molecule has 0 aliphatic heterocycles. The summed E-state index contributed by atoms with van der Waals surface area (Å²) in [7, 11) is 0. The molecule has 1 fully saturated rings. The molecule has 4 nitrogen and oxygen atoms in total. The Balaban J connectivity index is 2.11. The maximum Gasteiger partial charge on any atom is 0.289 e. The van der Waals surface area contributed by atoms with Crippen molar-refractivity contribution >= 4 is 5.91 Å². The standard InChI is InChI=1S/C17H28N2O2/c1-2-15-10-11-16(21-15)17(20)19(13-7-12-18)14-8-5-3-4-6-9-14/h10-11,14H,2-9,12-13,18H2,1H3. The predicted octanol–water partition coefficient (Wildman–Crippen LogP) is 3.36. The first kappa shape index (κ1) is 16.1. The van der Waals surface area contributed by atoms with E-state index in [1.165, 1.54) is 25.7 Å². The van der Waals surface area contributed by atoms with Gasteiger partial charge in [-0.2, -0.15) is 0 Å². The zero-order valence-corrected chi connectivity index (χ0v) is 13.1. The van der Waals surface area contributed by atoms with E-state index in [-0.39, 0.29) is 5.91 Å². The Morgan fingerprint density at radius 1 is 1.29 bits per heavy atom. The SMILES string of the molecule is CCc1ccc(C(=O)N(CCCN)C2CCCCCC2)o1. The van der Waals surface area contributed by atoms with Crippen molar-refractivity contribution in [2.45, 2.75) is 64.3 Å². The highest BCUT2D eigenvalue weighted by Gasteiger charge is 2.26. The van der Waals surface area contributed by atoms with E-state index in [4.69, 9.17) is 10.2 Å². The topological polar surface area (TPSA) is 59.5 Å². The zero-order chi connectivity index (χ0) is 15.1. The van der Waals surface area contributed by atoms with Crippen LogP contribution in [0.1, 0.15) is 68.2 Å². The number of nitrogens with two attached hydrogens (primary N) is 1. The van der Waals surface area contributed by atoms with Gasteiger partial charge in [-0.1, -0.05) is 32.6 Å². The molecule has 1 amide bonds. The zero-order valence-electron chi connectivity index (χ0n) is 13.1. The highest BCUT2D eigenvalue weighted by Crippen LogP contribution is 2.24. The molecule has 2 rings (SSSR count). The number of aryl methyl sites for hydroxylation is 1. The van der Waals surface area contributed by atoms with Crippen molar-refractivity contribution in [2.24, 2.45) is 5.73 Å². The summed E-state index contributed by atoms with van der Waals surface area (Å²) in [5.74, 6) is 1.39. The summed E-state index contributed by atoms with van der Waals surface area (Å²) in [6.45, 7) is 3.39. The van der Waals surface area contributed by atoms with E-state index in [9.17, 15) is 4.79 Å². The smallest absolute Gasteiger partial charge is 0.289 e.